The van der Waals surface area contributed by atoms with Crippen LogP contribution in [0, 0.1) is 6.92 Å². The maximum absolute atomic E-state index is 5.67. The van der Waals surface area contributed by atoms with Crippen molar-refractivity contribution in [3.63, 3.8) is 0 Å². The van der Waals surface area contributed by atoms with Crippen LogP contribution in [0.1, 0.15) is 5.69 Å². The molecule has 0 saturated carbocycles. The van der Waals surface area contributed by atoms with Gasteiger partial charge in [0.15, 0.2) is 0 Å². The van der Waals surface area contributed by atoms with Gasteiger partial charge in [0.25, 0.3) is 0 Å². The average Bonchev–Trinajstić information content (AvgIpc) is 2.84. The summed E-state index contributed by atoms with van der Waals surface area (Å²) >= 11 is 1.64. The molecular formula is C11H10N4S. The Morgan fingerprint density at radius 1 is 1.25 bits per heavy atom. The van der Waals surface area contributed by atoms with Gasteiger partial charge in [0.2, 0.25) is 4.96 Å². The van der Waals surface area contributed by atoms with Crippen LogP contribution in [0.2, 0.25) is 0 Å². The number of nitrogens with two attached hydrogens (primary N) is 1. The van der Waals surface area contributed by atoms with E-state index < -0.39 is 0 Å². The number of hydrogen-bond acceptors (Lipinski definition) is 4. The third-order valence-electron chi connectivity index (χ3n) is 2.53. The van der Waals surface area contributed by atoms with Gasteiger partial charge in [0, 0.05) is 5.69 Å². The number of aryl methyl sites for hydroxylation is 1. The molecule has 3 aromatic rings. The lowest BCUT2D eigenvalue weighted by Gasteiger charge is -1.99. The number of benzene rings is 1. The van der Waals surface area contributed by atoms with Crippen LogP contribution in [-0.2, 0) is 0 Å². The minimum Gasteiger partial charge on any atom is -0.399 e. The molecule has 2 heterocycles. The Morgan fingerprint density at radius 3 is 2.69 bits per heavy atom. The van der Waals surface area contributed by atoms with E-state index in [-0.39, 0.29) is 0 Å². The average molecular weight is 230 g/mol. The van der Waals surface area contributed by atoms with Crippen LogP contribution in [0.4, 0.5) is 5.69 Å². The molecule has 16 heavy (non-hydrogen) atoms. The minimum atomic E-state index is 0.779. The van der Waals surface area contributed by atoms with E-state index in [4.69, 9.17) is 5.73 Å². The number of fused-ring (bicyclic) bond motifs is 1. The number of thiazole rings is 1. The van der Waals surface area contributed by atoms with Gasteiger partial charge in [0.05, 0.1) is 10.6 Å². The molecule has 0 bridgehead atoms. The number of nitrogens with zero attached hydrogens (tertiary/aromatic N) is 3. The van der Waals surface area contributed by atoms with Crippen molar-refractivity contribution in [1.82, 2.24) is 14.6 Å². The van der Waals surface area contributed by atoms with Crippen molar-refractivity contribution in [2.24, 2.45) is 0 Å². The lowest BCUT2D eigenvalue weighted by Crippen LogP contribution is -1.88. The quantitative estimate of drug-likeness (QED) is 0.653. The van der Waals surface area contributed by atoms with Gasteiger partial charge in [-0.15, -0.1) is 0 Å². The van der Waals surface area contributed by atoms with Crippen molar-refractivity contribution in [3.05, 3.63) is 36.3 Å². The molecule has 0 amide bonds. The number of anilines is 1. The standard InChI is InChI=1S/C11H10N4S/c1-7-10(8-2-4-9(12)5-3-8)16-11-13-6-14-15(7)11/h2-6H,12H2,1H3. The second-order valence-electron chi connectivity index (χ2n) is 3.59. The Morgan fingerprint density at radius 2 is 2.00 bits per heavy atom. The lowest BCUT2D eigenvalue weighted by atomic mass is 10.1. The van der Waals surface area contributed by atoms with E-state index >= 15 is 0 Å². The molecule has 0 unspecified atom stereocenters. The smallest absolute Gasteiger partial charge is 0.212 e. The molecule has 0 saturated heterocycles. The van der Waals surface area contributed by atoms with E-state index in [0.29, 0.717) is 0 Å². The summed E-state index contributed by atoms with van der Waals surface area (Å²) in [4.78, 5) is 6.30. The maximum Gasteiger partial charge on any atom is 0.212 e. The fraction of sp³-hybridized carbons (Fsp3) is 0.0909. The van der Waals surface area contributed by atoms with Gasteiger partial charge < -0.3 is 5.73 Å². The van der Waals surface area contributed by atoms with Crippen LogP contribution in [0.5, 0.6) is 0 Å². The molecule has 0 spiro atoms. The molecule has 5 heteroatoms. The molecule has 0 aliphatic carbocycles. The summed E-state index contributed by atoms with van der Waals surface area (Å²) in [6, 6.07) is 7.86. The monoisotopic (exact) mass is 230 g/mol. The third kappa shape index (κ3) is 1.29. The fourth-order valence-electron chi connectivity index (χ4n) is 1.69. The molecule has 1 aromatic carbocycles. The van der Waals surface area contributed by atoms with E-state index in [1.807, 2.05) is 35.7 Å². The summed E-state index contributed by atoms with van der Waals surface area (Å²) in [5.41, 5.74) is 8.72. The molecular weight excluding hydrogens is 220 g/mol. The largest absolute Gasteiger partial charge is 0.399 e. The highest BCUT2D eigenvalue weighted by molar-refractivity contribution is 7.20. The van der Waals surface area contributed by atoms with E-state index in [2.05, 4.69) is 10.1 Å². The van der Waals surface area contributed by atoms with Crippen molar-refractivity contribution in [2.45, 2.75) is 6.92 Å². The second kappa shape index (κ2) is 3.31. The first-order valence-corrected chi connectivity index (χ1v) is 5.72. The number of hydrogen-bond donors (Lipinski definition) is 1. The first kappa shape index (κ1) is 9.35. The fourth-order valence-corrected chi connectivity index (χ4v) is 2.74. The van der Waals surface area contributed by atoms with Crippen molar-refractivity contribution in [3.8, 4) is 10.4 Å². The Labute approximate surface area is 96.4 Å². The van der Waals surface area contributed by atoms with Gasteiger partial charge in [-0.1, -0.05) is 23.5 Å². The minimum absolute atomic E-state index is 0.779. The number of nitrogen functional groups attached to an aromatic ring is 1. The highest BCUT2D eigenvalue weighted by atomic mass is 32.1. The van der Waals surface area contributed by atoms with Crippen molar-refractivity contribution >= 4 is 22.0 Å². The zero-order chi connectivity index (χ0) is 11.1. The predicted molar refractivity (Wildman–Crippen MR) is 65.4 cm³/mol. The van der Waals surface area contributed by atoms with Crippen molar-refractivity contribution in [1.29, 1.82) is 0 Å². The van der Waals surface area contributed by atoms with E-state index in [1.165, 1.54) is 4.88 Å². The zero-order valence-electron chi connectivity index (χ0n) is 8.71. The van der Waals surface area contributed by atoms with Crippen LogP contribution >= 0.6 is 11.3 Å². The molecule has 0 aliphatic rings. The summed E-state index contributed by atoms with van der Waals surface area (Å²) in [6.07, 6.45) is 1.57. The number of rotatable bonds is 1. The first-order chi connectivity index (χ1) is 7.75. The van der Waals surface area contributed by atoms with Gasteiger partial charge in [-0.3, -0.25) is 0 Å². The van der Waals surface area contributed by atoms with E-state index in [1.54, 1.807) is 17.7 Å². The lowest BCUT2D eigenvalue weighted by molar-refractivity contribution is 0.933. The molecule has 4 nitrogen and oxygen atoms in total. The molecule has 0 radical (unpaired) electrons. The maximum atomic E-state index is 5.67. The summed E-state index contributed by atoms with van der Waals surface area (Å²) in [5.74, 6) is 0. The van der Waals surface area contributed by atoms with Crippen LogP contribution in [-0.4, -0.2) is 14.6 Å². The molecule has 3 rings (SSSR count). The zero-order valence-corrected chi connectivity index (χ0v) is 9.53. The molecule has 0 aliphatic heterocycles. The Kier molecular flexibility index (Phi) is 1.94. The summed E-state index contributed by atoms with van der Waals surface area (Å²) < 4.78 is 1.86. The summed E-state index contributed by atoms with van der Waals surface area (Å²) in [7, 11) is 0. The Bertz CT molecular complexity index is 636. The highest BCUT2D eigenvalue weighted by Gasteiger charge is 2.11. The summed E-state index contributed by atoms with van der Waals surface area (Å²) in [6.45, 7) is 2.05. The molecule has 2 N–H and O–H groups in total. The van der Waals surface area contributed by atoms with E-state index in [9.17, 15) is 0 Å². The molecule has 0 atom stereocenters. The van der Waals surface area contributed by atoms with Gasteiger partial charge in [0.1, 0.15) is 6.33 Å². The van der Waals surface area contributed by atoms with Crippen molar-refractivity contribution < 1.29 is 0 Å². The van der Waals surface area contributed by atoms with E-state index in [0.717, 1.165) is 21.9 Å². The van der Waals surface area contributed by atoms with Crippen molar-refractivity contribution in [2.75, 3.05) is 5.73 Å². The normalized spacial score (nSPS) is 11.1. The summed E-state index contributed by atoms with van der Waals surface area (Å²) in [5, 5.41) is 4.17. The Balaban J connectivity index is 2.21. The van der Waals surface area contributed by atoms with Gasteiger partial charge in [-0.05, 0) is 24.6 Å². The molecule has 80 valence electrons. The van der Waals surface area contributed by atoms with Crippen LogP contribution < -0.4 is 5.73 Å². The van der Waals surface area contributed by atoms with Gasteiger partial charge in [-0.2, -0.15) is 5.10 Å². The van der Waals surface area contributed by atoms with Gasteiger partial charge >= 0.3 is 0 Å². The third-order valence-corrected chi connectivity index (χ3v) is 3.73. The first-order valence-electron chi connectivity index (χ1n) is 4.91. The van der Waals surface area contributed by atoms with Crippen LogP contribution in [0.15, 0.2) is 30.6 Å². The van der Waals surface area contributed by atoms with Gasteiger partial charge in [-0.25, -0.2) is 9.50 Å². The SMILES string of the molecule is Cc1c(-c2ccc(N)cc2)sc2ncnn12. The molecule has 2 aromatic heterocycles. The highest BCUT2D eigenvalue weighted by Crippen LogP contribution is 2.31. The Hall–Kier alpha value is -1.88. The predicted octanol–water partition coefficient (Wildman–Crippen LogP) is 2.35. The second-order valence-corrected chi connectivity index (χ2v) is 4.57. The number of aromatic nitrogens is 3. The molecule has 0 fully saturated rings. The topological polar surface area (TPSA) is 56.2 Å². The van der Waals surface area contributed by atoms with Crippen LogP contribution in [0.3, 0.4) is 0 Å². The van der Waals surface area contributed by atoms with Crippen LogP contribution in [0.25, 0.3) is 15.4 Å².